The van der Waals surface area contributed by atoms with Crippen molar-refractivity contribution in [2.24, 2.45) is 14.1 Å². The van der Waals surface area contributed by atoms with Crippen LogP contribution >= 0.6 is 0 Å². The Balaban J connectivity index is 0.00000300. The van der Waals surface area contributed by atoms with Crippen LogP contribution < -0.4 is 33.1 Å². The van der Waals surface area contributed by atoms with Gasteiger partial charge in [-0.15, -0.1) is 0 Å². The number of aromatic nitrogens is 4. The fourth-order valence-corrected chi connectivity index (χ4v) is 3.50. The van der Waals surface area contributed by atoms with Crippen LogP contribution in [0.2, 0.25) is 0 Å². The van der Waals surface area contributed by atoms with Crippen LogP contribution in [0.25, 0.3) is 11.2 Å². The third-order valence-electron chi connectivity index (χ3n) is 5.09. The molecule has 0 saturated heterocycles. The highest BCUT2D eigenvalue weighted by atomic mass is 79.9. The van der Waals surface area contributed by atoms with Crippen molar-refractivity contribution in [2.45, 2.75) is 26.4 Å². The fourth-order valence-electron chi connectivity index (χ4n) is 3.50. The number of benzene rings is 1. The molecule has 8 heteroatoms. The van der Waals surface area contributed by atoms with E-state index in [9.17, 15) is 9.59 Å². The maximum Gasteiger partial charge on any atom is 0.332 e. The molecule has 156 valence electrons. The predicted molar refractivity (Wildman–Crippen MR) is 110 cm³/mol. The summed E-state index contributed by atoms with van der Waals surface area (Å²) in [7, 11) is 3.15. The Morgan fingerprint density at radius 1 is 1.10 bits per heavy atom. The van der Waals surface area contributed by atoms with Crippen molar-refractivity contribution in [1.29, 1.82) is 0 Å². The van der Waals surface area contributed by atoms with Gasteiger partial charge in [-0.1, -0.05) is 36.4 Å². The van der Waals surface area contributed by atoms with Crippen LogP contribution in [0.4, 0.5) is 0 Å². The molecule has 0 aliphatic rings. The van der Waals surface area contributed by atoms with Gasteiger partial charge < -0.3 is 26.4 Å². The molecule has 0 radical (unpaired) electrons. The Morgan fingerprint density at radius 2 is 1.83 bits per heavy atom. The smallest absolute Gasteiger partial charge is 0.332 e. The molecule has 0 saturated carbocycles. The Labute approximate surface area is 180 Å². The number of imidazole rings is 1. The molecular formula is C21H28BrN5O2. The van der Waals surface area contributed by atoms with Crippen LogP contribution in [0.15, 0.2) is 58.4 Å². The number of fused-ring (bicyclic) bond motifs is 1. The lowest BCUT2D eigenvalue weighted by Gasteiger charge is -2.18. The monoisotopic (exact) mass is 461 g/mol. The summed E-state index contributed by atoms with van der Waals surface area (Å²) in [5.74, 6) is 0. The molecule has 2 heterocycles. The minimum atomic E-state index is -0.354. The molecule has 1 unspecified atom stereocenters. The second-order valence-corrected chi connectivity index (χ2v) is 7.11. The second-order valence-electron chi connectivity index (χ2n) is 7.11. The van der Waals surface area contributed by atoms with Gasteiger partial charge in [-0.2, -0.15) is 0 Å². The van der Waals surface area contributed by atoms with E-state index in [1.54, 1.807) is 13.4 Å². The molecule has 2 aromatic heterocycles. The first-order chi connectivity index (χ1) is 13.5. The number of aryl methyl sites for hydroxylation is 2. The first kappa shape index (κ1) is 22.8. The molecule has 0 aliphatic carbocycles. The maximum atomic E-state index is 12.5. The molecule has 29 heavy (non-hydrogen) atoms. The maximum absolute atomic E-state index is 12.5. The molecule has 7 nitrogen and oxygen atoms in total. The first-order valence-electron chi connectivity index (χ1n) is 9.62. The molecular weight excluding hydrogens is 434 g/mol. The number of nitrogens with zero attached hydrogens (tertiary/aromatic N) is 4. The quantitative estimate of drug-likeness (QED) is 0.377. The predicted octanol–water partition coefficient (Wildman–Crippen LogP) is -2.51. The van der Waals surface area contributed by atoms with E-state index >= 15 is 0 Å². The van der Waals surface area contributed by atoms with E-state index in [-0.39, 0.29) is 28.2 Å². The second kappa shape index (κ2) is 10.4. The van der Waals surface area contributed by atoms with Gasteiger partial charge in [-0.3, -0.25) is 13.9 Å². The number of allylic oxidation sites excluding steroid dienone is 1. The van der Waals surface area contributed by atoms with Gasteiger partial charge in [-0.25, -0.2) is 9.78 Å². The van der Waals surface area contributed by atoms with Gasteiger partial charge in [0.25, 0.3) is 5.56 Å². The van der Waals surface area contributed by atoms with Gasteiger partial charge in [0.2, 0.25) is 0 Å². The average Bonchev–Trinajstić information content (AvgIpc) is 3.13. The summed E-state index contributed by atoms with van der Waals surface area (Å²) in [6.45, 7) is 5.64. The van der Waals surface area contributed by atoms with Gasteiger partial charge in [0.1, 0.15) is 6.54 Å². The zero-order chi connectivity index (χ0) is 20.1. The Morgan fingerprint density at radius 3 is 2.52 bits per heavy atom. The molecule has 0 aliphatic heterocycles. The van der Waals surface area contributed by atoms with Crippen molar-refractivity contribution in [3.05, 3.63) is 75.2 Å². The number of quaternary nitrogens is 1. The highest BCUT2D eigenvalue weighted by molar-refractivity contribution is 5.69. The van der Waals surface area contributed by atoms with Gasteiger partial charge >= 0.3 is 5.69 Å². The first-order valence-corrected chi connectivity index (χ1v) is 9.62. The van der Waals surface area contributed by atoms with Gasteiger partial charge in [0.15, 0.2) is 11.2 Å². The summed E-state index contributed by atoms with van der Waals surface area (Å²) in [5, 5.41) is 0. The summed E-state index contributed by atoms with van der Waals surface area (Å²) >= 11 is 0. The highest BCUT2D eigenvalue weighted by Crippen LogP contribution is 2.05. The minimum Gasteiger partial charge on any atom is -1.00 e. The third-order valence-corrected chi connectivity index (χ3v) is 5.09. The zero-order valence-electron chi connectivity index (χ0n) is 17.1. The van der Waals surface area contributed by atoms with Crippen LogP contribution in [0.1, 0.15) is 18.9 Å². The van der Waals surface area contributed by atoms with Crippen molar-refractivity contribution in [3.63, 3.8) is 0 Å². The van der Waals surface area contributed by atoms with Gasteiger partial charge in [0.05, 0.1) is 19.4 Å². The summed E-state index contributed by atoms with van der Waals surface area (Å²) in [5.41, 5.74) is 1.60. The van der Waals surface area contributed by atoms with Crippen LogP contribution in [-0.4, -0.2) is 31.8 Å². The number of hydrogen-bond donors (Lipinski definition) is 1. The van der Waals surface area contributed by atoms with Gasteiger partial charge in [0, 0.05) is 32.6 Å². The fraction of sp³-hybridized carbons (Fsp3) is 0.381. The van der Waals surface area contributed by atoms with Crippen molar-refractivity contribution in [3.8, 4) is 0 Å². The Kier molecular flexibility index (Phi) is 8.16. The highest BCUT2D eigenvalue weighted by Gasteiger charge is 2.15. The SMILES string of the molecule is C/C=C/C[NH+](CCCn1cnc2c1c(=O)n(C)c(=O)n2C)Cc1ccccc1.[Br-]. The normalized spacial score (nSPS) is 12.4. The molecule has 1 aromatic carbocycles. The molecule has 0 spiro atoms. The average molecular weight is 462 g/mol. The molecule has 0 amide bonds. The number of hydrogen-bond acceptors (Lipinski definition) is 3. The largest absolute Gasteiger partial charge is 1.00 e. The van der Waals surface area contributed by atoms with Crippen LogP contribution in [0.3, 0.4) is 0 Å². The Hall–Kier alpha value is -2.45. The number of halogens is 1. The minimum absolute atomic E-state index is 0. The summed E-state index contributed by atoms with van der Waals surface area (Å²) < 4.78 is 4.43. The molecule has 1 N–H and O–H groups in total. The molecule has 1 atom stereocenters. The summed E-state index contributed by atoms with van der Waals surface area (Å²) in [4.78, 5) is 30.4. The van der Waals surface area contributed by atoms with Crippen LogP contribution in [0.5, 0.6) is 0 Å². The molecule has 0 fully saturated rings. The number of rotatable bonds is 8. The van der Waals surface area contributed by atoms with E-state index in [2.05, 4.69) is 41.4 Å². The lowest BCUT2D eigenvalue weighted by Crippen LogP contribution is -3.10. The number of nitrogens with one attached hydrogen (secondary N) is 1. The van der Waals surface area contributed by atoms with E-state index in [0.29, 0.717) is 17.7 Å². The van der Waals surface area contributed by atoms with Gasteiger partial charge in [-0.05, 0) is 13.0 Å². The van der Waals surface area contributed by atoms with Crippen molar-refractivity contribution in [2.75, 3.05) is 13.1 Å². The van der Waals surface area contributed by atoms with Crippen LogP contribution in [-0.2, 0) is 27.2 Å². The van der Waals surface area contributed by atoms with Crippen molar-refractivity contribution < 1.29 is 21.9 Å². The lowest BCUT2D eigenvalue weighted by atomic mass is 10.2. The topological polar surface area (TPSA) is 66.3 Å². The summed E-state index contributed by atoms with van der Waals surface area (Å²) in [6.07, 6.45) is 6.85. The van der Waals surface area contributed by atoms with Crippen LogP contribution in [0, 0.1) is 0 Å². The van der Waals surface area contributed by atoms with Crippen molar-refractivity contribution in [1.82, 2.24) is 18.7 Å². The van der Waals surface area contributed by atoms with E-state index < -0.39 is 0 Å². The van der Waals surface area contributed by atoms with E-state index in [1.807, 2.05) is 17.6 Å². The third kappa shape index (κ3) is 5.13. The van der Waals surface area contributed by atoms with Crippen molar-refractivity contribution >= 4 is 11.2 Å². The van der Waals surface area contributed by atoms with E-state index in [4.69, 9.17) is 0 Å². The standard InChI is InChI=1S/C21H27N5O2.BrH/c1-4-5-12-25(15-17-10-7-6-8-11-17)13-9-14-26-16-22-19-18(26)20(27)24(3)21(28)23(19)2;/h4-8,10-11,16H,9,12-15H2,1-3H3;1H/b5-4+;. The molecule has 3 rings (SSSR count). The molecule has 0 bridgehead atoms. The Bertz CT molecular complexity index is 1080. The lowest BCUT2D eigenvalue weighted by molar-refractivity contribution is -0.908. The molecule has 3 aromatic rings. The van der Waals surface area contributed by atoms with E-state index in [1.165, 1.54) is 22.1 Å². The zero-order valence-corrected chi connectivity index (χ0v) is 18.7. The van der Waals surface area contributed by atoms with E-state index in [0.717, 1.165) is 30.6 Å². The summed E-state index contributed by atoms with van der Waals surface area (Å²) in [6, 6.07) is 10.5.